The lowest BCUT2D eigenvalue weighted by Gasteiger charge is -2.15. The highest BCUT2D eigenvalue weighted by molar-refractivity contribution is 6.43. The third-order valence-electron chi connectivity index (χ3n) is 3.63. The maximum absolute atomic E-state index is 12.1. The molecule has 3 nitrogen and oxygen atoms in total. The maximum atomic E-state index is 12.1. The van der Waals surface area contributed by atoms with Gasteiger partial charge in [-0.2, -0.15) is 0 Å². The van der Waals surface area contributed by atoms with E-state index < -0.39 is 0 Å². The van der Waals surface area contributed by atoms with Crippen LogP contribution in [0, 0.1) is 0 Å². The van der Waals surface area contributed by atoms with Gasteiger partial charge in [0.25, 0.3) is 5.91 Å². The van der Waals surface area contributed by atoms with Gasteiger partial charge < -0.3 is 10.2 Å². The molecule has 2 N–H and O–H groups in total. The van der Waals surface area contributed by atoms with Gasteiger partial charge in [0.2, 0.25) is 0 Å². The Morgan fingerprint density at radius 1 is 1.09 bits per heavy atom. The number of anilines is 1. The average Bonchev–Trinajstić information content (AvgIpc) is 2.52. The van der Waals surface area contributed by atoms with Crippen molar-refractivity contribution in [1.82, 2.24) is 0 Å². The molecule has 0 aliphatic rings. The number of carbonyl (C=O) groups excluding carboxylic acids is 1. The molecule has 0 bridgehead atoms. The molecule has 1 amide bonds. The summed E-state index contributed by atoms with van der Waals surface area (Å²) in [6.45, 7) is 3.29. The number of halogens is 2. The number of rotatable bonds is 6. The number of carbonyl (C=O) groups is 1. The molecule has 0 radical (unpaired) electrons. The molecule has 0 fully saturated rings. The number of benzene rings is 2. The summed E-state index contributed by atoms with van der Waals surface area (Å²) in [6.07, 6.45) is 1.03. The zero-order valence-electron chi connectivity index (χ0n) is 13.3. The second-order valence-electron chi connectivity index (χ2n) is 5.63. The van der Waals surface area contributed by atoms with Gasteiger partial charge in [0, 0.05) is 5.56 Å². The first-order chi connectivity index (χ1) is 11.0. The number of likely N-dealkylation sites (N-methyl/N-ethyl adjacent to an activating group) is 1. The Bertz CT molecular complexity index is 671. The molecule has 0 aromatic heterocycles. The highest BCUT2D eigenvalue weighted by Gasteiger charge is 2.13. The summed E-state index contributed by atoms with van der Waals surface area (Å²) < 4.78 is 0. The van der Waals surface area contributed by atoms with Crippen LogP contribution in [-0.2, 0) is 17.8 Å². The first-order valence-corrected chi connectivity index (χ1v) is 8.38. The van der Waals surface area contributed by atoms with Crippen LogP contribution in [0.2, 0.25) is 10.0 Å². The van der Waals surface area contributed by atoms with Gasteiger partial charge in [0.15, 0.2) is 6.54 Å². The van der Waals surface area contributed by atoms with Crippen LogP contribution in [0.15, 0.2) is 42.5 Å². The Morgan fingerprint density at radius 2 is 1.74 bits per heavy atom. The van der Waals surface area contributed by atoms with Crippen LogP contribution in [0.5, 0.6) is 0 Å². The van der Waals surface area contributed by atoms with Crippen molar-refractivity contribution in [2.24, 2.45) is 0 Å². The first-order valence-electron chi connectivity index (χ1n) is 7.62. The molecule has 0 heterocycles. The molecule has 2 rings (SSSR count). The van der Waals surface area contributed by atoms with Crippen LogP contribution in [0.25, 0.3) is 0 Å². The Morgan fingerprint density at radius 3 is 2.39 bits per heavy atom. The average molecular weight is 352 g/mol. The minimum Gasteiger partial charge on any atom is -0.326 e. The van der Waals surface area contributed by atoms with Crippen molar-refractivity contribution >= 4 is 34.8 Å². The smallest absolute Gasteiger partial charge is 0.279 e. The minimum absolute atomic E-state index is 0.0863. The molecular weight excluding hydrogens is 331 g/mol. The van der Waals surface area contributed by atoms with Gasteiger partial charge in [0.05, 0.1) is 22.8 Å². The van der Waals surface area contributed by atoms with Gasteiger partial charge >= 0.3 is 0 Å². The quantitative estimate of drug-likeness (QED) is 0.823. The van der Waals surface area contributed by atoms with E-state index in [1.54, 1.807) is 18.2 Å². The zero-order valence-corrected chi connectivity index (χ0v) is 14.8. The van der Waals surface area contributed by atoms with Crippen LogP contribution in [0.4, 0.5) is 5.69 Å². The Kier molecular flexibility index (Phi) is 6.46. The van der Waals surface area contributed by atoms with E-state index in [1.807, 2.05) is 7.05 Å². The van der Waals surface area contributed by atoms with Crippen LogP contribution in [0.3, 0.4) is 0 Å². The summed E-state index contributed by atoms with van der Waals surface area (Å²) >= 11 is 12.0. The molecule has 23 heavy (non-hydrogen) atoms. The van der Waals surface area contributed by atoms with Crippen LogP contribution >= 0.6 is 23.2 Å². The summed E-state index contributed by atoms with van der Waals surface area (Å²) in [4.78, 5) is 13.2. The van der Waals surface area contributed by atoms with E-state index in [0.29, 0.717) is 22.3 Å². The van der Waals surface area contributed by atoms with E-state index in [1.165, 1.54) is 11.1 Å². The third-order valence-corrected chi connectivity index (χ3v) is 4.44. The molecule has 0 aliphatic carbocycles. The predicted molar refractivity (Wildman–Crippen MR) is 96.4 cm³/mol. The molecule has 2 aromatic carbocycles. The molecular formula is C18H21Cl2N2O+. The number of quaternary nitrogens is 1. The van der Waals surface area contributed by atoms with Crippen LogP contribution < -0.4 is 10.2 Å². The van der Waals surface area contributed by atoms with Gasteiger partial charge in [-0.3, -0.25) is 4.79 Å². The lowest BCUT2D eigenvalue weighted by Crippen LogP contribution is -3.08. The fourth-order valence-electron chi connectivity index (χ4n) is 2.37. The molecule has 0 aliphatic heterocycles. The molecule has 5 heteroatoms. The Hall–Kier alpha value is -1.55. The topological polar surface area (TPSA) is 33.5 Å². The summed E-state index contributed by atoms with van der Waals surface area (Å²) in [5, 5.41) is 3.61. The molecule has 2 aromatic rings. The number of hydrogen-bond acceptors (Lipinski definition) is 1. The van der Waals surface area contributed by atoms with E-state index >= 15 is 0 Å². The van der Waals surface area contributed by atoms with Crippen molar-refractivity contribution in [3.8, 4) is 0 Å². The van der Waals surface area contributed by atoms with Gasteiger partial charge in [-0.25, -0.2) is 0 Å². The number of amides is 1. The molecule has 0 saturated heterocycles. The van der Waals surface area contributed by atoms with E-state index in [0.717, 1.165) is 17.9 Å². The highest BCUT2D eigenvalue weighted by Crippen LogP contribution is 2.29. The molecule has 1 atom stereocenters. The third kappa shape index (κ3) is 5.24. The standard InChI is InChI=1S/C18H20Cl2N2O/c1-3-13-7-9-14(10-8-13)11-22(2)12-17(23)21-16-6-4-5-15(19)18(16)20/h4-10H,3,11-12H2,1-2H3,(H,21,23)/p+1. The maximum Gasteiger partial charge on any atom is 0.279 e. The van der Waals surface area contributed by atoms with Crippen molar-refractivity contribution in [3.63, 3.8) is 0 Å². The van der Waals surface area contributed by atoms with E-state index in [-0.39, 0.29) is 5.91 Å². The van der Waals surface area contributed by atoms with Gasteiger partial charge in [-0.15, -0.1) is 0 Å². The summed E-state index contributed by atoms with van der Waals surface area (Å²) in [7, 11) is 1.99. The SMILES string of the molecule is CCc1ccc(C[NH+](C)CC(=O)Nc2cccc(Cl)c2Cl)cc1. The molecule has 0 saturated carbocycles. The van der Waals surface area contributed by atoms with Gasteiger partial charge in [0.1, 0.15) is 6.54 Å². The molecule has 1 unspecified atom stereocenters. The zero-order chi connectivity index (χ0) is 16.8. The second kappa shape index (κ2) is 8.34. The van der Waals surface area contributed by atoms with E-state index in [2.05, 4.69) is 36.5 Å². The van der Waals surface area contributed by atoms with E-state index in [4.69, 9.17) is 23.2 Å². The highest BCUT2D eigenvalue weighted by atomic mass is 35.5. The van der Waals surface area contributed by atoms with Crippen LogP contribution in [0.1, 0.15) is 18.1 Å². The minimum atomic E-state index is -0.0863. The Labute approximate surface area is 147 Å². The monoisotopic (exact) mass is 351 g/mol. The number of aryl methyl sites for hydroxylation is 1. The largest absolute Gasteiger partial charge is 0.326 e. The van der Waals surface area contributed by atoms with Crippen molar-refractivity contribution in [2.45, 2.75) is 19.9 Å². The first kappa shape index (κ1) is 17.8. The lowest BCUT2D eigenvalue weighted by molar-refractivity contribution is -0.885. The fourth-order valence-corrected chi connectivity index (χ4v) is 2.72. The van der Waals surface area contributed by atoms with Crippen molar-refractivity contribution < 1.29 is 9.69 Å². The van der Waals surface area contributed by atoms with Crippen molar-refractivity contribution in [1.29, 1.82) is 0 Å². The number of hydrogen-bond donors (Lipinski definition) is 2. The number of nitrogens with one attached hydrogen (secondary N) is 2. The normalized spacial score (nSPS) is 12.0. The molecule has 122 valence electrons. The van der Waals surface area contributed by atoms with Crippen molar-refractivity contribution in [3.05, 3.63) is 63.6 Å². The Balaban J connectivity index is 1.90. The predicted octanol–water partition coefficient (Wildman–Crippen LogP) is 3.21. The molecule has 0 spiro atoms. The lowest BCUT2D eigenvalue weighted by atomic mass is 10.1. The summed E-state index contributed by atoms with van der Waals surface area (Å²) in [6, 6.07) is 13.7. The summed E-state index contributed by atoms with van der Waals surface area (Å²) in [5.41, 5.74) is 3.08. The van der Waals surface area contributed by atoms with Gasteiger partial charge in [-0.1, -0.05) is 60.5 Å². The van der Waals surface area contributed by atoms with Gasteiger partial charge in [-0.05, 0) is 24.1 Å². The fraction of sp³-hybridized carbons (Fsp3) is 0.278. The summed E-state index contributed by atoms with van der Waals surface area (Å²) in [5.74, 6) is -0.0863. The van der Waals surface area contributed by atoms with Crippen LogP contribution in [-0.4, -0.2) is 19.5 Å². The van der Waals surface area contributed by atoms with E-state index in [9.17, 15) is 4.79 Å². The second-order valence-corrected chi connectivity index (χ2v) is 6.42. The van der Waals surface area contributed by atoms with Crippen molar-refractivity contribution in [2.75, 3.05) is 18.9 Å².